The summed E-state index contributed by atoms with van der Waals surface area (Å²) in [4.78, 5) is 11.9. The van der Waals surface area contributed by atoms with Gasteiger partial charge in [-0.15, -0.1) is 0 Å². The molecule has 1 aliphatic heterocycles. The van der Waals surface area contributed by atoms with Crippen LogP contribution in [0.15, 0.2) is 24.3 Å². The molecule has 0 N–H and O–H groups in total. The van der Waals surface area contributed by atoms with E-state index in [9.17, 15) is 10.1 Å². The number of nitro benzene ring substituents is 1. The number of nitrogens with zero attached hydrogens (tertiary/aromatic N) is 1. The lowest BCUT2D eigenvalue weighted by atomic mass is 9.61. The van der Waals surface area contributed by atoms with Crippen LogP contribution in [0, 0.1) is 10.1 Å². The normalized spacial score (nSPS) is 23.2. The van der Waals surface area contributed by atoms with Crippen LogP contribution in [0.2, 0.25) is 0 Å². The highest BCUT2D eigenvalue weighted by Crippen LogP contribution is 2.86. The lowest BCUT2D eigenvalue weighted by Gasteiger charge is -2.46. The molecule has 0 amide bonds. The largest absolute Gasteiger partial charge is 0.328 e. The minimum Gasteiger partial charge on any atom is -0.328 e. The Morgan fingerprint density at radius 2 is 0.417 bits per heavy atom. The van der Waals surface area contributed by atoms with Gasteiger partial charge >= 0.3 is 0 Å². The van der Waals surface area contributed by atoms with Crippen LogP contribution in [-0.2, 0) is 20.7 Å². The molecule has 1 saturated heterocycles. The Labute approximate surface area is 388 Å². The Hall–Kier alpha value is -9.00. The van der Waals surface area contributed by atoms with Crippen molar-refractivity contribution in [2.75, 3.05) is 0 Å². The van der Waals surface area contributed by atoms with Crippen molar-refractivity contribution >= 4 is 297 Å². The molecule has 0 bridgehead atoms. The number of ether oxygens (including phenoxy) is 2. The smallest absolute Gasteiger partial charge is 0.269 e. The molecule has 1 fully saturated rings. The maximum Gasteiger partial charge on any atom is 0.269 e. The van der Waals surface area contributed by atoms with Crippen molar-refractivity contribution in [1.29, 1.82) is 0 Å². The van der Waals surface area contributed by atoms with Gasteiger partial charge in [0.2, 0.25) is 0 Å². The molecule has 0 atom stereocenters. The summed E-state index contributed by atoms with van der Waals surface area (Å²) in [6, 6.07) is 7.16. The van der Waals surface area contributed by atoms with Gasteiger partial charge in [-0.1, -0.05) is 0 Å². The third kappa shape index (κ3) is 1.43. The van der Waals surface area contributed by atoms with E-state index >= 15 is 0 Å². The monoisotopic (exact) mass is 887 g/mol. The number of hydrogen-bond acceptors (Lipinski definition) is 4. The van der Waals surface area contributed by atoms with Gasteiger partial charge in [0, 0.05) is 39.9 Å². The summed E-state index contributed by atoms with van der Waals surface area (Å²) >= 11 is 0. The molecule has 0 aromatic heterocycles. The molecular weight excluding hydrogens is 883 g/mol. The first kappa shape index (κ1) is 26.8. The number of benzene rings is 19. The van der Waals surface area contributed by atoms with E-state index in [0.29, 0.717) is 0 Å². The molecule has 2 spiro atoms. The van der Waals surface area contributed by atoms with E-state index < -0.39 is 17.5 Å². The van der Waals surface area contributed by atoms with Crippen LogP contribution in [0.5, 0.6) is 0 Å². The van der Waals surface area contributed by atoms with Crippen LogP contribution in [0.3, 0.4) is 0 Å². The molecule has 72 heavy (non-hydrogen) atoms. The maximum atomic E-state index is 12.2. The van der Waals surface area contributed by atoms with Gasteiger partial charge in [-0.05, 0) is 303 Å². The van der Waals surface area contributed by atoms with Gasteiger partial charge in [-0.3, -0.25) is 10.1 Å². The SMILES string of the molecule is O=[N+]([O-])c1ccc(C2OC34c5c6c7c8c9c%10c(c%11c%12c3c3c5c5c%13c6c6c7c7c9c9c%14c%10c%10c%11c%11c%12c%12c3c3c5c5c%13c%13c6c6c7c9c7c9c%14c%10c%10c%11c%11c%12c3c3c5c5c%13c6c7c6c9c%10c%11c3c56)C84O2)cc1. The van der Waals surface area contributed by atoms with Crippen LogP contribution in [0.4, 0.5) is 5.69 Å². The van der Waals surface area contributed by atoms with Gasteiger partial charge in [0.25, 0.3) is 5.69 Å². The fourth-order valence-electron chi connectivity index (χ4n) is 24.7. The first-order valence-corrected chi connectivity index (χ1v) is 26.1. The van der Waals surface area contributed by atoms with Crippen LogP contribution in [-0.4, -0.2) is 4.92 Å². The van der Waals surface area contributed by atoms with Crippen molar-refractivity contribution in [2.45, 2.75) is 17.5 Å². The van der Waals surface area contributed by atoms with Gasteiger partial charge in [0.1, 0.15) is 0 Å². The molecule has 0 saturated carbocycles. The Bertz CT molecular complexity index is 6940. The third-order valence-corrected chi connectivity index (χ3v) is 25.1. The zero-order chi connectivity index (χ0) is 43.0. The second kappa shape index (κ2) is 6.07. The molecule has 1 heterocycles. The Morgan fingerprint density at radius 1 is 0.264 bits per heavy atom. The highest BCUT2D eigenvalue weighted by Gasteiger charge is 2.76. The standard InChI is InChI=1S/C67H5NO4/c69-68(70)6-3-1-5(2-4-6)65-71-66-61-53-45-35-25-17-9-7-8-11-15-13(9)21-29-23(15)33-27-19(11)20-12(8)16-14-10(7)18(17)26-32-22(14)30-24(16)34-28(20)38-37(27)47-41(33)51-43(29)49(39(45)31(21)25)57(61)59(51)63-55(47)56-48(38)42(34)52-44(30)50-40(32)46(36(26)35)54(53)62(66)58(50)60(52)64(56)67(63,66)72-65/h1-4,65H. The van der Waals surface area contributed by atoms with E-state index in [0.717, 1.165) is 5.56 Å². The molecule has 4 aliphatic carbocycles. The molecular formula is C67H5NO4. The summed E-state index contributed by atoms with van der Waals surface area (Å²) in [5.74, 6) is 0. The first-order valence-electron chi connectivity index (χ1n) is 26.1. The molecule has 34 rings (SSSR count). The number of rotatable bonds is 2. The minimum absolute atomic E-state index is 0.0859. The van der Waals surface area contributed by atoms with Crippen molar-refractivity contribution in [3.63, 3.8) is 0 Å². The zero-order valence-electron chi connectivity index (χ0n) is 36.0. The molecule has 0 radical (unpaired) electrons. The molecule has 5 aliphatic rings. The Morgan fingerprint density at radius 3 is 0.569 bits per heavy atom. The molecule has 29 aromatic rings. The van der Waals surface area contributed by atoms with Gasteiger partial charge in [-0.25, -0.2) is 0 Å². The average molecular weight is 888 g/mol. The minimum atomic E-state index is -0.995. The average Bonchev–Trinajstić information content (AvgIpc) is 4.42. The highest BCUT2D eigenvalue weighted by atomic mass is 16.8. The first-order chi connectivity index (χ1) is 35.7. The lowest BCUT2D eigenvalue weighted by Crippen LogP contribution is -2.49. The van der Waals surface area contributed by atoms with E-state index in [4.69, 9.17) is 9.47 Å². The van der Waals surface area contributed by atoms with Gasteiger partial charge in [-0.2, -0.15) is 0 Å². The van der Waals surface area contributed by atoms with Crippen molar-refractivity contribution in [1.82, 2.24) is 0 Å². The second-order valence-electron chi connectivity index (χ2n) is 25.5. The van der Waals surface area contributed by atoms with E-state index in [1.807, 2.05) is 12.1 Å². The predicted molar refractivity (Wildman–Crippen MR) is 292 cm³/mol. The predicted octanol–water partition coefficient (Wildman–Crippen LogP) is 17.9. The van der Waals surface area contributed by atoms with Crippen molar-refractivity contribution < 1.29 is 14.4 Å². The van der Waals surface area contributed by atoms with Crippen LogP contribution in [0.1, 0.15) is 34.1 Å². The third-order valence-electron chi connectivity index (χ3n) is 25.1. The fraction of sp³-hybridized carbons (Fsp3) is 0.0448. The van der Waals surface area contributed by atoms with Crippen molar-refractivity contribution in [3.8, 4) is 0 Å². The summed E-state index contributed by atoms with van der Waals surface area (Å²) < 4.78 is 16.9. The summed E-state index contributed by atoms with van der Waals surface area (Å²) in [6.45, 7) is 0. The van der Waals surface area contributed by atoms with Gasteiger partial charge in [0.15, 0.2) is 17.5 Å². The molecule has 302 valence electrons. The zero-order valence-corrected chi connectivity index (χ0v) is 36.0. The van der Waals surface area contributed by atoms with Gasteiger partial charge in [0.05, 0.1) is 4.92 Å². The van der Waals surface area contributed by atoms with Crippen molar-refractivity contribution in [2.24, 2.45) is 0 Å². The van der Waals surface area contributed by atoms with E-state index in [1.165, 1.54) is 162 Å². The Kier molecular flexibility index (Phi) is 2.26. The number of hydrogen-bond donors (Lipinski definition) is 0. The van der Waals surface area contributed by atoms with Crippen LogP contribution >= 0.6 is 0 Å². The van der Waals surface area contributed by atoms with Gasteiger partial charge < -0.3 is 9.47 Å². The topological polar surface area (TPSA) is 61.6 Å². The molecule has 5 heteroatoms. The molecule has 29 aromatic carbocycles. The molecule has 5 nitrogen and oxygen atoms in total. The number of nitro groups is 1. The fourth-order valence-corrected chi connectivity index (χ4v) is 24.7. The summed E-state index contributed by atoms with van der Waals surface area (Å²) in [6.07, 6.45) is -0.759. The quantitative estimate of drug-likeness (QED) is 0.0985. The van der Waals surface area contributed by atoms with Crippen molar-refractivity contribution in [3.05, 3.63) is 62.2 Å². The van der Waals surface area contributed by atoms with E-state index in [-0.39, 0.29) is 10.6 Å². The lowest BCUT2D eigenvalue weighted by molar-refractivity contribution is -0.384. The van der Waals surface area contributed by atoms with Crippen LogP contribution < -0.4 is 0 Å². The molecule has 0 unspecified atom stereocenters. The number of non-ortho nitro benzene ring substituents is 1. The summed E-state index contributed by atoms with van der Waals surface area (Å²) in [5.41, 5.74) is 4.45. The highest BCUT2D eigenvalue weighted by molar-refractivity contribution is 6.82. The summed E-state index contributed by atoms with van der Waals surface area (Å²) in [7, 11) is 0. The maximum absolute atomic E-state index is 12.2. The van der Waals surface area contributed by atoms with Crippen LogP contribution in [0.25, 0.3) is 291 Å². The van der Waals surface area contributed by atoms with E-state index in [1.54, 1.807) is 163 Å². The van der Waals surface area contributed by atoms with E-state index in [2.05, 4.69) is 0 Å². The Balaban J connectivity index is 1.11. The second-order valence-corrected chi connectivity index (χ2v) is 25.5. The summed E-state index contributed by atoms with van der Waals surface area (Å²) in [5, 5.41) is 95.2.